The molecule has 7 nitrogen and oxygen atoms in total. The Hall–Kier alpha value is -2.35. The van der Waals surface area contributed by atoms with E-state index in [1.807, 2.05) is 6.92 Å². The van der Waals surface area contributed by atoms with Crippen molar-refractivity contribution in [2.75, 3.05) is 32.8 Å². The lowest BCUT2D eigenvalue weighted by Crippen LogP contribution is -2.44. The van der Waals surface area contributed by atoms with Gasteiger partial charge in [-0.2, -0.15) is 0 Å². The highest BCUT2D eigenvalue weighted by atomic mass is 19.1. The quantitative estimate of drug-likeness (QED) is 0.893. The van der Waals surface area contributed by atoms with Gasteiger partial charge in [0, 0.05) is 38.3 Å². The standard InChI is InChI=1S/C19H25FN4O3/c1-2-27-19(26)23-10-7-15(12-23)22-8-5-14(6-9-22)24-17-4-3-13(20)11-16(17)21-18(24)25/h3-4,11,14-15H,2,5-10,12H2,1H3,(H,21,25). The van der Waals surface area contributed by atoms with E-state index in [4.69, 9.17) is 4.74 Å². The molecule has 2 fully saturated rings. The van der Waals surface area contributed by atoms with Gasteiger partial charge in [-0.05, 0) is 44.4 Å². The number of hydrogen-bond acceptors (Lipinski definition) is 4. The molecule has 146 valence electrons. The summed E-state index contributed by atoms with van der Waals surface area (Å²) >= 11 is 0. The van der Waals surface area contributed by atoms with Crippen LogP contribution >= 0.6 is 0 Å². The first-order valence-electron chi connectivity index (χ1n) is 9.62. The number of carbonyl (C=O) groups is 1. The lowest BCUT2D eigenvalue weighted by atomic mass is 10.0. The number of carbonyl (C=O) groups excluding carboxylic acids is 1. The van der Waals surface area contributed by atoms with Crippen LogP contribution in [0.3, 0.4) is 0 Å². The van der Waals surface area contributed by atoms with Gasteiger partial charge in [-0.25, -0.2) is 14.0 Å². The van der Waals surface area contributed by atoms with Gasteiger partial charge in [-0.1, -0.05) is 0 Å². The molecule has 2 aliphatic heterocycles. The van der Waals surface area contributed by atoms with Crippen molar-refractivity contribution in [1.29, 1.82) is 0 Å². The van der Waals surface area contributed by atoms with Gasteiger partial charge in [-0.15, -0.1) is 0 Å². The lowest BCUT2D eigenvalue weighted by Gasteiger charge is -2.36. The third-order valence-electron chi connectivity index (χ3n) is 5.75. The van der Waals surface area contributed by atoms with Gasteiger partial charge in [0.25, 0.3) is 0 Å². The van der Waals surface area contributed by atoms with Gasteiger partial charge in [0.2, 0.25) is 0 Å². The van der Waals surface area contributed by atoms with E-state index in [1.165, 1.54) is 12.1 Å². The number of halogens is 1. The Morgan fingerprint density at radius 1 is 1.22 bits per heavy atom. The molecule has 0 radical (unpaired) electrons. The second kappa shape index (κ2) is 7.34. The molecular weight excluding hydrogens is 351 g/mol. The van der Waals surface area contributed by atoms with Crippen LogP contribution < -0.4 is 5.69 Å². The fraction of sp³-hybridized carbons (Fsp3) is 0.579. The number of ether oxygens (including phenoxy) is 1. The molecule has 8 heteroatoms. The third-order valence-corrected chi connectivity index (χ3v) is 5.75. The van der Waals surface area contributed by atoms with Crippen LogP contribution in [-0.4, -0.2) is 64.3 Å². The first-order valence-corrected chi connectivity index (χ1v) is 9.62. The van der Waals surface area contributed by atoms with Crippen molar-refractivity contribution < 1.29 is 13.9 Å². The van der Waals surface area contributed by atoms with E-state index in [-0.39, 0.29) is 23.6 Å². The molecule has 2 saturated heterocycles. The van der Waals surface area contributed by atoms with Crippen molar-refractivity contribution in [3.63, 3.8) is 0 Å². The molecule has 1 aromatic heterocycles. The van der Waals surface area contributed by atoms with E-state index in [2.05, 4.69) is 9.88 Å². The highest BCUT2D eigenvalue weighted by molar-refractivity contribution is 5.75. The maximum atomic E-state index is 13.4. The number of aromatic nitrogens is 2. The molecule has 0 spiro atoms. The summed E-state index contributed by atoms with van der Waals surface area (Å²) < 4.78 is 20.3. The van der Waals surface area contributed by atoms with Crippen molar-refractivity contribution in [1.82, 2.24) is 19.4 Å². The minimum Gasteiger partial charge on any atom is -0.450 e. The summed E-state index contributed by atoms with van der Waals surface area (Å²) in [4.78, 5) is 31.2. The predicted molar refractivity (Wildman–Crippen MR) is 99.4 cm³/mol. The second-order valence-corrected chi connectivity index (χ2v) is 7.32. The molecule has 1 unspecified atom stereocenters. The van der Waals surface area contributed by atoms with Crippen LogP contribution in [0.15, 0.2) is 23.0 Å². The van der Waals surface area contributed by atoms with E-state index in [1.54, 1.807) is 15.5 Å². The van der Waals surface area contributed by atoms with Crippen molar-refractivity contribution in [2.24, 2.45) is 0 Å². The zero-order valence-corrected chi connectivity index (χ0v) is 15.5. The van der Waals surface area contributed by atoms with Crippen LogP contribution in [0.2, 0.25) is 0 Å². The zero-order valence-electron chi connectivity index (χ0n) is 15.5. The Labute approximate surface area is 156 Å². The maximum Gasteiger partial charge on any atom is 0.409 e. The first-order chi connectivity index (χ1) is 13.1. The molecular formula is C19H25FN4O3. The third kappa shape index (κ3) is 3.45. The van der Waals surface area contributed by atoms with Crippen molar-refractivity contribution in [2.45, 2.75) is 38.3 Å². The number of piperidine rings is 1. The molecule has 2 aromatic rings. The summed E-state index contributed by atoms with van der Waals surface area (Å²) in [5, 5.41) is 0. The largest absolute Gasteiger partial charge is 0.450 e. The molecule has 1 aromatic carbocycles. The molecule has 2 aliphatic rings. The van der Waals surface area contributed by atoms with Crippen LogP contribution in [0.25, 0.3) is 11.0 Å². The van der Waals surface area contributed by atoms with Gasteiger partial charge in [0.15, 0.2) is 0 Å². The van der Waals surface area contributed by atoms with E-state index in [9.17, 15) is 14.0 Å². The van der Waals surface area contributed by atoms with Crippen LogP contribution in [-0.2, 0) is 4.74 Å². The summed E-state index contributed by atoms with van der Waals surface area (Å²) in [6.07, 6.45) is 2.45. The molecule has 3 heterocycles. The number of benzene rings is 1. The van der Waals surface area contributed by atoms with E-state index in [0.717, 1.165) is 44.4 Å². The fourth-order valence-corrected chi connectivity index (χ4v) is 4.40. The number of nitrogens with one attached hydrogen (secondary N) is 1. The van der Waals surface area contributed by atoms with E-state index >= 15 is 0 Å². The zero-order chi connectivity index (χ0) is 19.0. The Kier molecular flexibility index (Phi) is 4.90. The Bertz CT molecular complexity index is 885. The van der Waals surface area contributed by atoms with Gasteiger partial charge in [0.1, 0.15) is 5.82 Å². The summed E-state index contributed by atoms with van der Waals surface area (Å²) in [5.74, 6) is -0.349. The number of amides is 1. The molecule has 1 N–H and O–H groups in total. The fourth-order valence-electron chi connectivity index (χ4n) is 4.40. The molecule has 1 atom stereocenters. The van der Waals surface area contributed by atoms with Crippen molar-refractivity contribution >= 4 is 17.1 Å². The number of hydrogen-bond donors (Lipinski definition) is 1. The van der Waals surface area contributed by atoms with Crippen molar-refractivity contribution in [3.8, 4) is 0 Å². The smallest absolute Gasteiger partial charge is 0.409 e. The number of fused-ring (bicyclic) bond motifs is 1. The van der Waals surface area contributed by atoms with Gasteiger partial charge in [-0.3, -0.25) is 9.47 Å². The predicted octanol–water partition coefficient (Wildman–Crippen LogP) is 2.34. The normalized spacial score (nSPS) is 21.9. The SMILES string of the molecule is CCOC(=O)N1CCC(N2CCC(n3c(=O)[nH]c4cc(F)ccc43)CC2)C1. The lowest BCUT2D eigenvalue weighted by molar-refractivity contribution is 0.105. The van der Waals surface area contributed by atoms with Gasteiger partial charge >= 0.3 is 11.8 Å². The number of imidazole rings is 1. The molecule has 0 aliphatic carbocycles. The average Bonchev–Trinajstić information content (AvgIpc) is 3.26. The average molecular weight is 376 g/mol. The van der Waals surface area contributed by atoms with E-state index in [0.29, 0.717) is 24.7 Å². The Morgan fingerprint density at radius 2 is 1.96 bits per heavy atom. The minimum atomic E-state index is -0.349. The second-order valence-electron chi connectivity index (χ2n) is 7.32. The topological polar surface area (TPSA) is 70.6 Å². The van der Waals surface area contributed by atoms with Crippen LogP contribution in [0.5, 0.6) is 0 Å². The van der Waals surface area contributed by atoms with Gasteiger partial charge < -0.3 is 14.6 Å². The summed E-state index contributed by atoms with van der Waals surface area (Å²) in [7, 11) is 0. The number of rotatable bonds is 3. The number of nitrogens with zero attached hydrogens (tertiary/aromatic N) is 3. The molecule has 0 saturated carbocycles. The minimum absolute atomic E-state index is 0.107. The number of likely N-dealkylation sites (tertiary alicyclic amines) is 2. The van der Waals surface area contributed by atoms with Gasteiger partial charge in [0.05, 0.1) is 17.6 Å². The first kappa shape index (κ1) is 18.0. The highest BCUT2D eigenvalue weighted by Gasteiger charge is 2.33. The summed E-state index contributed by atoms with van der Waals surface area (Å²) in [5.41, 5.74) is 1.13. The van der Waals surface area contributed by atoms with Crippen LogP contribution in [0.1, 0.15) is 32.2 Å². The summed E-state index contributed by atoms with van der Waals surface area (Å²) in [6, 6.07) is 4.89. The van der Waals surface area contributed by atoms with Crippen molar-refractivity contribution in [3.05, 3.63) is 34.5 Å². The Morgan fingerprint density at radius 3 is 2.70 bits per heavy atom. The Balaban J connectivity index is 1.41. The highest BCUT2D eigenvalue weighted by Crippen LogP contribution is 2.28. The number of aromatic amines is 1. The molecule has 1 amide bonds. The van der Waals surface area contributed by atoms with Crippen LogP contribution in [0, 0.1) is 5.82 Å². The summed E-state index contributed by atoms with van der Waals surface area (Å²) in [6.45, 7) is 5.41. The molecule has 0 bridgehead atoms. The van der Waals surface area contributed by atoms with Crippen LogP contribution in [0.4, 0.5) is 9.18 Å². The maximum absolute atomic E-state index is 13.4. The van der Waals surface area contributed by atoms with E-state index < -0.39 is 0 Å². The molecule has 4 rings (SSSR count). The number of H-pyrrole nitrogens is 1. The monoisotopic (exact) mass is 376 g/mol. The molecule has 27 heavy (non-hydrogen) atoms.